The molecule has 0 amide bonds. The zero-order valence-electron chi connectivity index (χ0n) is 12.2. The number of hydrogen-bond donors (Lipinski definition) is 0. The number of ether oxygens (including phenoxy) is 2. The Hall–Kier alpha value is -2.29. The van der Waals surface area contributed by atoms with Crippen LogP contribution in [0.1, 0.15) is 31.1 Å². The number of fused-ring (bicyclic) bond motifs is 1. The van der Waals surface area contributed by atoms with E-state index in [1.165, 1.54) is 12.5 Å². The Bertz CT molecular complexity index is 649. The molecule has 0 N–H and O–H groups in total. The van der Waals surface area contributed by atoms with Crippen molar-refractivity contribution in [1.82, 2.24) is 0 Å². The van der Waals surface area contributed by atoms with Crippen molar-refractivity contribution >= 4 is 5.97 Å². The molecule has 1 heterocycles. The molecule has 108 valence electrons. The van der Waals surface area contributed by atoms with E-state index in [1.807, 2.05) is 30.3 Å². The van der Waals surface area contributed by atoms with Gasteiger partial charge in [0.1, 0.15) is 17.6 Å². The highest BCUT2D eigenvalue weighted by atomic mass is 16.5. The summed E-state index contributed by atoms with van der Waals surface area (Å²) in [5.74, 6) is 1.52. The van der Waals surface area contributed by atoms with E-state index in [2.05, 4.69) is 19.1 Å². The number of carbonyl (C=O) groups excluding carboxylic acids is 1. The molecule has 3 rings (SSSR count). The Balaban J connectivity index is 1.87. The van der Waals surface area contributed by atoms with Gasteiger partial charge in [-0.05, 0) is 35.7 Å². The summed E-state index contributed by atoms with van der Waals surface area (Å²) >= 11 is 0. The SMILES string of the molecule is CC(=O)Oc1ccc2c(c1)CC(C)C(c1ccccc1)O2. The van der Waals surface area contributed by atoms with Crippen molar-refractivity contribution in [3.05, 3.63) is 59.7 Å². The summed E-state index contributed by atoms with van der Waals surface area (Å²) in [6.45, 7) is 3.59. The molecule has 2 aromatic carbocycles. The average Bonchev–Trinajstić information content (AvgIpc) is 2.46. The van der Waals surface area contributed by atoms with E-state index in [0.717, 1.165) is 17.7 Å². The van der Waals surface area contributed by atoms with Gasteiger partial charge in [0.2, 0.25) is 0 Å². The van der Waals surface area contributed by atoms with Gasteiger partial charge in [-0.15, -0.1) is 0 Å². The van der Waals surface area contributed by atoms with Gasteiger partial charge in [-0.25, -0.2) is 0 Å². The molecule has 2 aromatic rings. The highest BCUT2D eigenvalue weighted by Gasteiger charge is 2.28. The van der Waals surface area contributed by atoms with E-state index < -0.39 is 0 Å². The Morgan fingerprint density at radius 1 is 1.19 bits per heavy atom. The van der Waals surface area contributed by atoms with Crippen LogP contribution in [0.3, 0.4) is 0 Å². The van der Waals surface area contributed by atoms with Gasteiger partial charge in [0, 0.05) is 12.8 Å². The van der Waals surface area contributed by atoms with E-state index >= 15 is 0 Å². The maximum absolute atomic E-state index is 11.0. The second-order valence-corrected chi connectivity index (χ2v) is 5.49. The smallest absolute Gasteiger partial charge is 0.308 e. The van der Waals surface area contributed by atoms with Crippen molar-refractivity contribution in [2.24, 2.45) is 5.92 Å². The lowest BCUT2D eigenvalue weighted by atomic mass is 9.88. The molecule has 0 saturated carbocycles. The van der Waals surface area contributed by atoms with Gasteiger partial charge >= 0.3 is 5.97 Å². The van der Waals surface area contributed by atoms with Gasteiger partial charge in [0.05, 0.1) is 0 Å². The van der Waals surface area contributed by atoms with Crippen LogP contribution in [0.5, 0.6) is 11.5 Å². The lowest BCUT2D eigenvalue weighted by Gasteiger charge is -2.32. The molecule has 2 atom stereocenters. The van der Waals surface area contributed by atoms with Crippen LogP contribution in [0.25, 0.3) is 0 Å². The third-order valence-electron chi connectivity index (χ3n) is 3.73. The maximum Gasteiger partial charge on any atom is 0.308 e. The second kappa shape index (κ2) is 5.60. The van der Waals surface area contributed by atoms with E-state index in [9.17, 15) is 4.79 Å². The summed E-state index contributed by atoms with van der Waals surface area (Å²) in [6.07, 6.45) is 0.975. The van der Waals surface area contributed by atoms with Crippen molar-refractivity contribution < 1.29 is 14.3 Å². The van der Waals surface area contributed by atoms with Gasteiger partial charge in [-0.1, -0.05) is 37.3 Å². The van der Waals surface area contributed by atoms with Crippen molar-refractivity contribution in [2.45, 2.75) is 26.4 Å². The Labute approximate surface area is 124 Å². The van der Waals surface area contributed by atoms with Gasteiger partial charge in [0.15, 0.2) is 0 Å². The first-order valence-electron chi connectivity index (χ1n) is 7.16. The molecule has 0 bridgehead atoms. The summed E-state index contributed by atoms with van der Waals surface area (Å²) in [6, 6.07) is 15.8. The lowest BCUT2D eigenvalue weighted by Crippen LogP contribution is -2.23. The predicted molar refractivity (Wildman–Crippen MR) is 80.4 cm³/mol. The highest BCUT2D eigenvalue weighted by molar-refractivity contribution is 5.69. The molecule has 0 saturated heterocycles. The van der Waals surface area contributed by atoms with Crippen LogP contribution in [-0.2, 0) is 11.2 Å². The van der Waals surface area contributed by atoms with E-state index in [-0.39, 0.29) is 12.1 Å². The molecule has 1 aliphatic heterocycles. The lowest BCUT2D eigenvalue weighted by molar-refractivity contribution is -0.131. The van der Waals surface area contributed by atoms with E-state index in [4.69, 9.17) is 9.47 Å². The van der Waals surface area contributed by atoms with Crippen LogP contribution < -0.4 is 9.47 Å². The van der Waals surface area contributed by atoms with Crippen molar-refractivity contribution in [3.63, 3.8) is 0 Å². The van der Waals surface area contributed by atoms with Gasteiger partial charge in [-0.2, -0.15) is 0 Å². The first kappa shape index (κ1) is 13.7. The minimum absolute atomic E-state index is 0.0678. The molecular formula is C18H18O3. The molecule has 0 radical (unpaired) electrons. The maximum atomic E-state index is 11.0. The molecule has 3 heteroatoms. The summed E-state index contributed by atoms with van der Waals surface area (Å²) in [4.78, 5) is 11.0. The van der Waals surface area contributed by atoms with Crippen LogP contribution in [0.4, 0.5) is 0 Å². The molecule has 3 nitrogen and oxygen atoms in total. The highest BCUT2D eigenvalue weighted by Crippen LogP contribution is 2.39. The van der Waals surface area contributed by atoms with Gasteiger partial charge in [0.25, 0.3) is 0 Å². The summed E-state index contributed by atoms with van der Waals surface area (Å²) in [5.41, 5.74) is 2.29. The third kappa shape index (κ3) is 2.92. The predicted octanol–water partition coefficient (Wildman–Crippen LogP) is 3.92. The monoisotopic (exact) mass is 282 g/mol. The van der Waals surface area contributed by atoms with Crippen LogP contribution in [0.15, 0.2) is 48.5 Å². The number of esters is 1. The van der Waals surface area contributed by atoms with Crippen LogP contribution in [0, 0.1) is 5.92 Å². The van der Waals surface area contributed by atoms with Crippen LogP contribution in [0.2, 0.25) is 0 Å². The number of hydrogen-bond acceptors (Lipinski definition) is 3. The summed E-state index contributed by atoms with van der Waals surface area (Å²) in [7, 11) is 0. The number of carbonyl (C=O) groups is 1. The van der Waals surface area contributed by atoms with E-state index in [1.54, 1.807) is 6.07 Å². The fourth-order valence-electron chi connectivity index (χ4n) is 2.81. The molecule has 1 aliphatic rings. The molecule has 2 unspecified atom stereocenters. The van der Waals surface area contributed by atoms with Gasteiger partial charge < -0.3 is 9.47 Å². The topological polar surface area (TPSA) is 35.5 Å². The standard InChI is InChI=1S/C18H18O3/c1-12-10-15-11-16(20-13(2)19)8-9-17(15)21-18(12)14-6-4-3-5-7-14/h3-9,11-12,18H,10H2,1-2H3. The van der Waals surface area contributed by atoms with Crippen molar-refractivity contribution in [3.8, 4) is 11.5 Å². The zero-order valence-corrected chi connectivity index (χ0v) is 12.2. The Kier molecular flexibility index (Phi) is 3.65. The quantitative estimate of drug-likeness (QED) is 0.618. The van der Waals surface area contributed by atoms with Gasteiger partial charge in [-0.3, -0.25) is 4.79 Å². The van der Waals surface area contributed by atoms with Crippen LogP contribution >= 0.6 is 0 Å². The first-order chi connectivity index (χ1) is 10.1. The number of rotatable bonds is 2. The number of benzene rings is 2. The molecule has 21 heavy (non-hydrogen) atoms. The minimum atomic E-state index is -0.304. The molecule has 0 fully saturated rings. The normalized spacial score (nSPS) is 20.3. The Morgan fingerprint density at radius 2 is 1.95 bits per heavy atom. The average molecular weight is 282 g/mol. The second-order valence-electron chi connectivity index (χ2n) is 5.49. The third-order valence-corrected chi connectivity index (χ3v) is 3.73. The van der Waals surface area contributed by atoms with Crippen molar-refractivity contribution in [2.75, 3.05) is 0 Å². The molecule has 0 aromatic heterocycles. The Morgan fingerprint density at radius 3 is 2.67 bits per heavy atom. The van der Waals surface area contributed by atoms with Crippen molar-refractivity contribution in [1.29, 1.82) is 0 Å². The fraction of sp³-hybridized carbons (Fsp3) is 0.278. The van der Waals surface area contributed by atoms with Crippen LogP contribution in [-0.4, -0.2) is 5.97 Å². The molecule has 0 aliphatic carbocycles. The fourth-order valence-corrected chi connectivity index (χ4v) is 2.81. The largest absolute Gasteiger partial charge is 0.485 e. The summed E-state index contributed by atoms with van der Waals surface area (Å²) < 4.78 is 11.3. The van der Waals surface area contributed by atoms with E-state index in [0.29, 0.717) is 11.7 Å². The zero-order chi connectivity index (χ0) is 14.8. The molecular weight excluding hydrogens is 264 g/mol. The minimum Gasteiger partial charge on any atom is -0.485 e. The summed E-state index contributed by atoms with van der Waals surface area (Å²) in [5, 5.41) is 0. The molecule has 0 spiro atoms. The first-order valence-corrected chi connectivity index (χ1v) is 7.16.